The van der Waals surface area contributed by atoms with E-state index in [1.54, 1.807) is 18.2 Å². The van der Waals surface area contributed by atoms with E-state index in [9.17, 15) is 9.18 Å². The Balaban J connectivity index is 1.86. The molecule has 3 rings (SSSR count). The molecule has 104 valence electrons. The first kappa shape index (κ1) is 13.6. The molecule has 1 saturated heterocycles. The van der Waals surface area contributed by atoms with Crippen LogP contribution in [0.4, 0.5) is 10.1 Å². The SMILES string of the molecule is O=C1NC(=Nc2ccccc2)S/C1=C\c1ccccc1F. The summed E-state index contributed by atoms with van der Waals surface area (Å²) >= 11 is 1.20. The van der Waals surface area contributed by atoms with Crippen LogP contribution in [0.2, 0.25) is 0 Å². The van der Waals surface area contributed by atoms with Gasteiger partial charge in [-0.05, 0) is 36.0 Å². The molecule has 1 aliphatic rings. The van der Waals surface area contributed by atoms with E-state index in [-0.39, 0.29) is 11.7 Å². The molecular weight excluding hydrogens is 287 g/mol. The topological polar surface area (TPSA) is 41.5 Å². The van der Waals surface area contributed by atoms with Crippen LogP contribution in [0, 0.1) is 5.82 Å². The highest BCUT2D eigenvalue weighted by atomic mass is 32.2. The third kappa shape index (κ3) is 3.20. The van der Waals surface area contributed by atoms with Crippen LogP contribution in [0.15, 0.2) is 64.5 Å². The summed E-state index contributed by atoms with van der Waals surface area (Å²) in [5.74, 6) is -0.621. The van der Waals surface area contributed by atoms with Gasteiger partial charge in [-0.15, -0.1) is 0 Å². The number of aliphatic imine (C=N–C) groups is 1. The molecule has 0 unspecified atom stereocenters. The molecule has 5 heteroatoms. The van der Waals surface area contributed by atoms with Crippen LogP contribution in [0.3, 0.4) is 0 Å². The minimum atomic E-state index is -0.355. The number of benzene rings is 2. The lowest BCUT2D eigenvalue weighted by molar-refractivity contribution is -0.115. The molecule has 1 heterocycles. The Labute approximate surface area is 125 Å². The molecule has 0 aromatic heterocycles. The van der Waals surface area contributed by atoms with Crippen molar-refractivity contribution in [3.63, 3.8) is 0 Å². The first-order valence-corrected chi connectivity index (χ1v) is 7.13. The number of carbonyl (C=O) groups excluding carboxylic acids is 1. The van der Waals surface area contributed by atoms with Crippen molar-refractivity contribution in [2.45, 2.75) is 0 Å². The lowest BCUT2D eigenvalue weighted by Crippen LogP contribution is -2.19. The van der Waals surface area contributed by atoms with E-state index in [1.165, 1.54) is 23.9 Å². The molecule has 0 atom stereocenters. The normalized spacial score (nSPS) is 18.2. The lowest BCUT2D eigenvalue weighted by atomic mass is 10.2. The minimum absolute atomic E-state index is 0.266. The molecule has 0 aliphatic carbocycles. The molecule has 1 amide bonds. The highest BCUT2D eigenvalue weighted by Crippen LogP contribution is 2.28. The predicted octanol–water partition coefficient (Wildman–Crippen LogP) is 3.72. The van der Waals surface area contributed by atoms with Crippen LogP contribution in [0.5, 0.6) is 0 Å². The summed E-state index contributed by atoms with van der Waals surface area (Å²) in [6.45, 7) is 0. The molecule has 1 N–H and O–H groups in total. The van der Waals surface area contributed by atoms with Gasteiger partial charge in [0, 0.05) is 5.56 Å². The van der Waals surface area contributed by atoms with Gasteiger partial charge in [0.05, 0.1) is 10.6 Å². The molecule has 21 heavy (non-hydrogen) atoms. The Hall–Kier alpha value is -2.40. The van der Waals surface area contributed by atoms with Gasteiger partial charge in [-0.2, -0.15) is 0 Å². The van der Waals surface area contributed by atoms with E-state index < -0.39 is 0 Å². The maximum atomic E-state index is 13.6. The number of hydrogen-bond donors (Lipinski definition) is 1. The van der Waals surface area contributed by atoms with Crippen LogP contribution >= 0.6 is 11.8 Å². The molecule has 0 radical (unpaired) electrons. The van der Waals surface area contributed by atoms with Gasteiger partial charge >= 0.3 is 0 Å². The van der Waals surface area contributed by atoms with Crippen molar-refractivity contribution in [1.82, 2.24) is 5.32 Å². The highest BCUT2D eigenvalue weighted by Gasteiger charge is 2.24. The quantitative estimate of drug-likeness (QED) is 0.859. The van der Waals surface area contributed by atoms with Crippen molar-refractivity contribution >= 4 is 34.6 Å². The van der Waals surface area contributed by atoms with E-state index in [4.69, 9.17) is 0 Å². The van der Waals surface area contributed by atoms with Crippen molar-refractivity contribution < 1.29 is 9.18 Å². The van der Waals surface area contributed by atoms with E-state index in [2.05, 4.69) is 10.3 Å². The van der Waals surface area contributed by atoms with Crippen LogP contribution in [0.25, 0.3) is 6.08 Å². The number of para-hydroxylation sites is 1. The maximum Gasteiger partial charge on any atom is 0.264 e. The number of rotatable bonds is 2. The average Bonchev–Trinajstić information content (AvgIpc) is 2.82. The summed E-state index contributed by atoms with van der Waals surface area (Å²) < 4.78 is 13.6. The van der Waals surface area contributed by atoms with Gasteiger partial charge in [0.15, 0.2) is 5.17 Å². The smallest absolute Gasteiger partial charge is 0.264 e. The summed E-state index contributed by atoms with van der Waals surface area (Å²) in [5, 5.41) is 3.17. The Morgan fingerprint density at radius 2 is 1.76 bits per heavy atom. The minimum Gasteiger partial charge on any atom is -0.300 e. The zero-order valence-corrected chi connectivity index (χ0v) is 11.7. The molecule has 2 aromatic rings. The summed E-state index contributed by atoms with van der Waals surface area (Å²) in [4.78, 5) is 16.6. The third-order valence-electron chi connectivity index (χ3n) is 2.83. The molecule has 3 nitrogen and oxygen atoms in total. The first-order chi connectivity index (χ1) is 10.2. The summed E-state index contributed by atoms with van der Waals surface area (Å²) in [6, 6.07) is 15.7. The fraction of sp³-hybridized carbons (Fsp3) is 0. The second-order valence-electron chi connectivity index (χ2n) is 4.34. The molecule has 0 bridgehead atoms. The maximum absolute atomic E-state index is 13.6. The Morgan fingerprint density at radius 3 is 2.52 bits per heavy atom. The first-order valence-electron chi connectivity index (χ1n) is 6.31. The zero-order chi connectivity index (χ0) is 14.7. The average molecular weight is 298 g/mol. The van der Waals surface area contributed by atoms with Crippen LogP contribution < -0.4 is 5.32 Å². The molecule has 1 fully saturated rings. The molecule has 0 spiro atoms. The van der Waals surface area contributed by atoms with Crippen LogP contribution in [0.1, 0.15) is 5.56 Å². The third-order valence-corrected chi connectivity index (χ3v) is 3.74. The number of thioether (sulfide) groups is 1. The molecule has 2 aromatic carbocycles. The summed E-state index contributed by atoms with van der Waals surface area (Å²) in [5.41, 5.74) is 1.14. The van der Waals surface area contributed by atoms with E-state index in [0.29, 0.717) is 15.6 Å². The lowest BCUT2D eigenvalue weighted by Gasteiger charge is -1.96. The van der Waals surface area contributed by atoms with Crippen molar-refractivity contribution in [2.24, 2.45) is 4.99 Å². The molecular formula is C16H11FN2OS. The highest BCUT2D eigenvalue weighted by molar-refractivity contribution is 8.18. The standard InChI is InChI=1S/C16H11FN2OS/c17-13-9-5-4-6-11(13)10-14-15(20)19-16(21-14)18-12-7-2-1-3-8-12/h1-10H,(H,18,19,20)/b14-10-. The fourth-order valence-electron chi connectivity index (χ4n) is 1.83. The Kier molecular flexibility index (Phi) is 3.83. The Morgan fingerprint density at radius 1 is 1.05 bits per heavy atom. The second kappa shape index (κ2) is 5.93. The number of nitrogens with one attached hydrogen (secondary N) is 1. The van der Waals surface area contributed by atoms with Crippen LogP contribution in [-0.2, 0) is 4.79 Å². The van der Waals surface area contributed by atoms with E-state index >= 15 is 0 Å². The number of amidine groups is 1. The number of hydrogen-bond acceptors (Lipinski definition) is 3. The summed E-state index contributed by atoms with van der Waals surface area (Å²) in [7, 11) is 0. The molecule has 0 saturated carbocycles. The van der Waals surface area contributed by atoms with Crippen molar-refractivity contribution in [3.05, 3.63) is 70.9 Å². The Bertz CT molecular complexity index is 741. The van der Waals surface area contributed by atoms with E-state index in [1.807, 2.05) is 30.3 Å². The van der Waals surface area contributed by atoms with Gasteiger partial charge in [0.1, 0.15) is 5.82 Å². The van der Waals surface area contributed by atoms with Gasteiger partial charge in [-0.1, -0.05) is 36.4 Å². The predicted molar refractivity (Wildman–Crippen MR) is 83.6 cm³/mol. The van der Waals surface area contributed by atoms with Gasteiger partial charge in [0.2, 0.25) is 0 Å². The van der Waals surface area contributed by atoms with Gasteiger partial charge < -0.3 is 5.32 Å². The van der Waals surface area contributed by atoms with Gasteiger partial charge in [0.25, 0.3) is 5.91 Å². The van der Waals surface area contributed by atoms with Gasteiger partial charge in [-0.3, -0.25) is 4.79 Å². The van der Waals surface area contributed by atoms with Crippen molar-refractivity contribution in [3.8, 4) is 0 Å². The number of halogens is 1. The number of nitrogens with zero attached hydrogens (tertiary/aromatic N) is 1. The summed E-state index contributed by atoms with van der Waals surface area (Å²) in [6.07, 6.45) is 1.53. The zero-order valence-electron chi connectivity index (χ0n) is 10.9. The monoisotopic (exact) mass is 298 g/mol. The molecule has 1 aliphatic heterocycles. The van der Waals surface area contributed by atoms with E-state index in [0.717, 1.165) is 5.69 Å². The van der Waals surface area contributed by atoms with Crippen molar-refractivity contribution in [1.29, 1.82) is 0 Å². The van der Waals surface area contributed by atoms with Crippen molar-refractivity contribution in [2.75, 3.05) is 0 Å². The fourth-order valence-corrected chi connectivity index (χ4v) is 2.67. The number of amides is 1. The van der Waals surface area contributed by atoms with Crippen LogP contribution in [-0.4, -0.2) is 11.1 Å². The second-order valence-corrected chi connectivity index (χ2v) is 5.37. The van der Waals surface area contributed by atoms with Gasteiger partial charge in [-0.25, -0.2) is 9.38 Å². The number of carbonyl (C=O) groups is 1. The largest absolute Gasteiger partial charge is 0.300 e.